The average Bonchev–Trinajstić information content (AvgIpc) is 3.06. The summed E-state index contributed by atoms with van der Waals surface area (Å²) in [5.74, 6) is -1.46. The number of hydrogen-bond donors (Lipinski definition) is 1. The number of aryl methyl sites for hydroxylation is 1. The van der Waals surface area contributed by atoms with Crippen molar-refractivity contribution in [2.75, 3.05) is 26.9 Å². The number of carbonyl (C=O) groups excluding carboxylic acids is 1. The molecule has 0 bridgehead atoms. The maximum Gasteiger partial charge on any atom is 0.357 e. The number of rotatable bonds is 7. The first-order valence-corrected chi connectivity index (χ1v) is 8.98. The zero-order valence-electron chi connectivity index (χ0n) is 15.6. The van der Waals surface area contributed by atoms with Gasteiger partial charge in [0.15, 0.2) is 23.1 Å². The number of H-pyrrole nitrogens is 1. The topological polar surface area (TPSA) is 86.3 Å². The lowest BCUT2D eigenvalue weighted by Gasteiger charge is -2.10. The summed E-state index contributed by atoms with van der Waals surface area (Å²) in [5, 5.41) is 0.641. The van der Waals surface area contributed by atoms with Crippen molar-refractivity contribution in [3.63, 3.8) is 0 Å². The minimum Gasteiger partial charge on any atom is -0.492 e. The van der Waals surface area contributed by atoms with Crippen LogP contribution in [0.25, 0.3) is 22.4 Å². The number of carbonyl (C=O) groups is 1. The molecule has 9 heteroatoms. The van der Waals surface area contributed by atoms with Crippen molar-refractivity contribution in [2.24, 2.45) is 0 Å². The highest BCUT2D eigenvalue weighted by Crippen LogP contribution is 2.34. The molecule has 148 valence electrons. The van der Waals surface area contributed by atoms with Gasteiger partial charge in [-0.1, -0.05) is 11.6 Å². The van der Waals surface area contributed by atoms with E-state index in [0.717, 1.165) is 5.56 Å². The van der Waals surface area contributed by atoms with Crippen LogP contribution < -0.4 is 4.74 Å². The van der Waals surface area contributed by atoms with Crippen molar-refractivity contribution in [2.45, 2.75) is 13.8 Å². The summed E-state index contributed by atoms with van der Waals surface area (Å²) in [5.41, 5.74) is 1.27. The number of hydrogen-bond acceptors (Lipinski definition) is 6. The zero-order valence-corrected chi connectivity index (χ0v) is 16.4. The van der Waals surface area contributed by atoms with Gasteiger partial charge < -0.3 is 19.2 Å². The molecular formula is C19H19ClFN3O4. The number of benzene rings is 1. The van der Waals surface area contributed by atoms with E-state index in [9.17, 15) is 9.18 Å². The third-order valence-corrected chi connectivity index (χ3v) is 4.38. The quantitative estimate of drug-likeness (QED) is 0.471. The standard InChI is InChI=1S/C19H19ClFN3O4/c1-4-27-7-8-28-19(25)15-13-10(2)9-22-18(13)24-17(23-15)11-5-6-12(20)16(26-3)14(11)21/h5-6,9H,4,7-8H2,1-3H3,(H,22,23,24). The lowest BCUT2D eigenvalue weighted by molar-refractivity contribution is 0.0331. The molecule has 0 aliphatic rings. The number of nitrogens with one attached hydrogen (secondary N) is 1. The Bertz CT molecular complexity index is 1020. The van der Waals surface area contributed by atoms with Crippen LogP contribution in [-0.4, -0.2) is 47.9 Å². The molecule has 0 spiro atoms. The largest absolute Gasteiger partial charge is 0.492 e. The third-order valence-electron chi connectivity index (χ3n) is 4.08. The second kappa shape index (κ2) is 8.53. The van der Waals surface area contributed by atoms with Crippen LogP contribution in [0.1, 0.15) is 23.0 Å². The summed E-state index contributed by atoms with van der Waals surface area (Å²) in [6.45, 7) is 4.54. The summed E-state index contributed by atoms with van der Waals surface area (Å²) in [7, 11) is 1.31. The zero-order chi connectivity index (χ0) is 20.3. The van der Waals surface area contributed by atoms with E-state index < -0.39 is 11.8 Å². The molecule has 7 nitrogen and oxygen atoms in total. The number of nitrogens with zero attached hydrogens (tertiary/aromatic N) is 2. The number of aromatic amines is 1. The number of fused-ring (bicyclic) bond motifs is 1. The molecule has 3 aromatic rings. The Kier molecular flexibility index (Phi) is 6.11. The summed E-state index contributed by atoms with van der Waals surface area (Å²) >= 11 is 5.95. The predicted molar refractivity (Wildman–Crippen MR) is 102 cm³/mol. The molecule has 1 N–H and O–H groups in total. The van der Waals surface area contributed by atoms with Gasteiger partial charge in [-0.05, 0) is 31.5 Å². The van der Waals surface area contributed by atoms with Crippen LogP contribution in [-0.2, 0) is 9.47 Å². The first-order chi connectivity index (χ1) is 13.5. The van der Waals surface area contributed by atoms with E-state index in [1.54, 1.807) is 6.20 Å². The maximum absolute atomic E-state index is 14.8. The number of methoxy groups -OCH3 is 1. The Morgan fingerprint density at radius 3 is 2.79 bits per heavy atom. The third kappa shape index (κ3) is 3.79. The molecule has 0 fully saturated rings. The van der Waals surface area contributed by atoms with Crippen molar-refractivity contribution in [3.8, 4) is 17.1 Å². The fourth-order valence-corrected chi connectivity index (χ4v) is 2.98. The normalized spacial score (nSPS) is 11.0. The Hall–Kier alpha value is -2.71. The molecule has 0 saturated carbocycles. The van der Waals surface area contributed by atoms with Gasteiger partial charge in [-0.25, -0.2) is 19.2 Å². The van der Waals surface area contributed by atoms with E-state index in [4.69, 9.17) is 25.8 Å². The highest BCUT2D eigenvalue weighted by molar-refractivity contribution is 6.32. The molecule has 0 saturated heterocycles. The molecule has 0 atom stereocenters. The van der Waals surface area contributed by atoms with Crippen LogP contribution in [0, 0.1) is 12.7 Å². The molecular weight excluding hydrogens is 389 g/mol. The van der Waals surface area contributed by atoms with Crippen LogP contribution in [0.3, 0.4) is 0 Å². The average molecular weight is 408 g/mol. The minimum absolute atomic E-state index is 0.0126. The fraction of sp³-hybridized carbons (Fsp3) is 0.316. The van der Waals surface area contributed by atoms with Gasteiger partial charge in [-0.15, -0.1) is 0 Å². The second-order valence-electron chi connectivity index (χ2n) is 5.87. The number of halogens is 2. The molecule has 2 aromatic heterocycles. The second-order valence-corrected chi connectivity index (χ2v) is 6.27. The highest BCUT2D eigenvalue weighted by atomic mass is 35.5. The van der Waals surface area contributed by atoms with Crippen molar-refractivity contribution < 1.29 is 23.4 Å². The van der Waals surface area contributed by atoms with Crippen molar-refractivity contribution in [1.82, 2.24) is 15.0 Å². The van der Waals surface area contributed by atoms with Gasteiger partial charge in [0.25, 0.3) is 0 Å². The van der Waals surface area contributed by atoms with Gasteiger partial charge in [0.05, 0.1) is 29.7 Å². The smallest absolute Gasteiger partial charge is 0.357 e. The Balaban J connectivity index is 2.08. The number of aromatic nitrogens is 3. The van der Waals surface area contributed by atoms with Crippen molar-refractivity contribution in [1.29, 1.82) is 0 Å². The summed E-state index contributed by atoms with van der Waals surface area (Å²) in [4.78, 5) is 24.2. The van der Waals surface area contributed by atoms with Gasteiger partial charge in [-0.3, -0.25) is 0 Å². The number of ether oxygens (including phenoxy) is 3. The van der Waals surface area contributed by atoms with E-state index in [1.165, 1.54) is 19.2 Å². The van der Waals surface area contributed by atoms with E-state index in [2.05, 4.69) is 15.0 Å². The van der Waals surface area contributed by atoms with Crippen LogP contribution in [0.2, 0.25) is 5.02 Å². The summed E-state index contributed by atoms with van der Waals surface area (Å²) in [6.07, 6.45) is 1.69. The van der Waals surface area contributed by atoms with E-state index >= 15 is 0 Å². The Morgan fingerprint density at radius 1 is 1.29 bits per heavy atom. The molecule has 0 aliphatic carbocycles. The van der Waals surface area contributed by atoms with E-state index in [1.807, 2.05) is 13.8 Å². The maximum atomic E-state index is 14.8. The van der Waals surface area contributed by atoms with Crippen molar-refractivity contribution in [3.05, 3.63) is 40.4 Å². The first-order valence-electron chi connectivity index (χ1n) is 8.60. The molecule has 0 radical (unpaired) electrons. The lowest BCUT2D eigenvalue weighted by atomic mass is 10.1. The molecule has 3 rings (SSSR count). The van der Waals surface area contributed by atoms with Crippen LogP contribution >= 0.6 is 11.6 Å². The first kappa shape index (κ1) is 20.0. The molecule has 0 unspecified atom stereocenters. The van der Waals surface area contributed by atoms with Crippen molar-refractivity contribution >= 4 is 28.6 Å². The van der Waals surface area contributed by atoms with E-state index in [-0.39, 0.29) is 41.1 Å². The molecule has 0 amide bonds. The highest BCUT2D eigenvalue weighted by Gasteiger charge is 2.23. The molecule has 1 aromatic carbocycles. The summed E-state index contributed by atoms with van der Waals surface area (Å²) in [6, 6.07) is 2.91. The number of esters is 1. The minimum atomic E-state index is -0.715. The van der Waals surface area contributed by atoms with Crippen LogP contribution in [0.5, 0.6) is 5.75 Å². The van der Waals surface area contributed by atoms with Gasteiger partial charge in [-0.2, -0.15) is 0 Å². The lowest BCUT2D eigenvalue weighted by Crippen LogP contribution is -2.14. The Labute approximate surface area is 165 Å². The predicted octanol–water partition coefficient (Wildman–Crippen LogP) is 3.93. The van der Waals surface area contributed by atoms with E-state index in [0.29, 0.717) is 17.6 Å². The molecule has 0 aliphatic heterocycles. The fourth-order valence-electron chi connectivity index (χ4n) is 2.75. The summed E-state index contributed by atoms with van der Waals surface area (Å²) < 4.78 is 30.2. The Morgan fingerprint density at radius 2 is 2.07 bits per heavy atom. The van der Waals surface area contributed by atoms with Crippen LogP contribution in [0.15, 0.2) is 18.3 Å². The van der Waals surface area contributed by atoms with Crippen LogP contribution in [0.4, 0.5) is 4.39 Å². The van der Waals surface area contributed by atoms with Gasteiger partial charge >= 0.3 is 5.97 Å². The van der Waals surface area contributed by atoms with Gasteiger partial charge in [0.1, 0.15) is 12.3 Å². The molecule has 2 heterocycles. The van der Waals surface area contributed by atoms with Gasteiger partial charge in [0.2, 0.25) is 0 Å². The van der Waals surface area contributed by atoms with Gasteiger partial charge in [0, 0.05) is 12.8 Å². The SMILES string of the molecule is CCOCCOC(=O)c1nc(-c2ccc(Cl)c(OC)c2F)nc2[nH]cc(C)c12. The monoisotopic (exact) mass is 407 g/mol. The molecule has 28 heavy (non-hydrogen) atoms.